The third-order valence-corrected chi connectivity index (χ3v) is 6.13. The summed E-state index contributed by atoms with van der Waals surface area (Å²) < 4.78 is 6.15. The Labute approximate surface area is 133 Å². The van der Waals surface area contributed by atoms with Crippen molar-refractivity contribution in [3.8, 4) is 0 Å². The highest BCUT2D eigenvalue weighted by Crippen LogP contribution is 2.30. The lowest BCUT2D eigenvalue weighted by Crippen LogP contribution is -2.30. The van der Waals surface area contributed by atoms with Crippen LogP contribution in [-0.2, 0) is 9.53 Å². The van der Waals surface area contributed by atoms with Gasteiger partial charge in [-0.25, -0.2) is 0 Å². The number of halogens is 1. The van der Waals surface area contributed by atoms with Gasteiger partial charge in [-0.3, -0.25) is 4.79 Å². The summed E-state index contributed by atoms with van der Waals surface area (Å²) >= 11 is 9.19. The number of ether oxygens (including phenoxy) is 1. The summed E-state index contributed by atoms with van der Waals surface area (Å²) in [5, 5.41) is 3.62. The molecule has 3 nitrogen and oxygen atoms in total. The van der Waals surface area contributed by atoms with E-state index in [1.54, 1.807) is 18.9 Å². The SMILES string of the molecule is CO[C@@H](CNC(=O)CSC1CCCC1)c1ccc(Cl)s1. The fourth-order valence-corrected chi connectivity index (χ4v) is 4.60. The van der Waals surface area contributed by atoms with Crippen LogP contribution in [0.3, 0.4) is 0 Å². The lowest BCUT2D eigenvalue weighted by molar-refractivity contribution is -0.119. The van der Waals surface area contributed by atoms with E-state index < -0.39 is 0 Å². The van der Waals surface area contributed by atoms with Crippen molar-refractivity contribution in [1.29, 1.82) is 0 Å². The molecule has 1 aliphatic carbocycles. The predicted molar refractivity (Wildman–Crippen MR) is 86.8 cm³/mol. The summed E-state index contributed by atoms with van der Waals surface area (Å²) in [6.07, 6.45) is 5.01. The molecule has 1 amide bonds. The molecule has 1 aliphatic rings. The van der Waals surface area contributed by atoms with E-state index >= 15 is 0 Å². The smallest absolute Gasteiger partial charge is 0.230 e. The molecule has 0 unspecified atom stereocenters. The van der Waals surface area contributed by atoms with Gasteiger partial charge in [-0.15, -0.1) is 23.1 Å². The standard InChI is InChI=1S/C14H20ClNO2S2/c1-18-11(12-6-7-13(15)20-12)8-16-14(17)9-19-10-4-2-3-5-10/h6-7,10-11H,2-5,8-9H2,1H3,(H,16,17)/t11-/m0/s1. The first-order valence-corrected chi connectivity index (χ1v) is 9.09. The van der Waals surface area contributed by atoms with Crippen molar-refractivity contribution in [2.24, 2.45) is 0 Å². The average molecular weight is 334 g/mol. The Morgan fingerprint density at radius 1 is 1.55 bits per heavy atom. The van der Waals surface area contributed by atoms with Crippen LogP contribution in [0.5, 0.6) is 0 Å². The summed E-state index contributed by atoms with van der Waals surface area (Å²) in [5.41, 5.74) is 0. The minimum Gasteiger partial charge on any atom is -0.374 e. The molecule has 1 heterocycles. The molecule has 2 rings (SSSR count). The molecule has 0 saturated heterocycles. The quantitative estimate of drug-likeness (QED) is 0.823. The van der Waals surface area contributed by atoms with Gasteiger partial charge in [-0.2, -0.15) is 0 Å². The molecule has 1 fully saturated rings. The molecule has 0 spiro atoms. The fourth-order valence-electron chi connectivity index (χ4n) is 2.31. The summed E-state index contributed by atoms with van der Waals surface area (Å²) in [4.78, 5) is 12.9. The van der Waals surface area contributed by atoms with Crippen LogP contribution < -0.4 is 5.32 Å². The second kappa shape index (κ2) is 8.27. The number of carbonyl (C=O) groups is 1. The van der Waals surface area contributed by atoms with Crippen LogP contribution in [0, 0.1) is 0 Å². The maximum absolute atomic E-state index is 11.8. The zero-order valence-electron chi connectivity index (χ0n) is 11.6. The van der Waals surface area contributed by atoms with Crippen molar-refractivity contribution in [1.82, 2.24) is 5.32 Å². The van der Waals surface area contributed by atoms with E-state index in [9.17, 15) is 4.79 Å². The number of thioether (sulfide) groups is 1. The van der Waals surface area contributed by atoms with Crippen LogP contribution in [0.2, 0.25) is 4.34 Å². The number of methoxy groups -OCH3 is 1. The largest absolute Gasteiger partial charge is 0.374 e. The first kappa shape index (κ1) is 16.1. The lowest BCUT2D eigenvalue weighted by atomic mass is 10.3. The van der Waals surface area contributed by atoms with Gasteiger partial charge in [0.2, 0.25) is 5.91 Å². The van der Waals surface area contributed by atoms with Crippen LogP contribution >= 0.6 is 34.7 Å². The van der Waals surface area contributed by atoms with E-state index in [4.69, 9.17) is 16.3 Å². The highest BCUT2D eigenvalue weighted by Gasteiger charge is 2.18. The number of carbonyl (C=O) groups excluding carboxylic acids is 1. The number of hydrogen-bond donors (Lipinski definition) is 1. The van der Waals surface area contributed by atoms with Gasteiger partial charge < -0.3 is 10.1 Å². The normalized spacial score (nSPS) is 17.3. The highest BCUT2D eigenvalue weighted by atomic mass is 35.5. The Morgan fingerprint density at radius 3 is 2.90 bits per heavy atom. The molecule has 112 valence electrons. The maximum atomic E-state index is 11.8. The Balaban J connectivity index is 1.70. The van der Waals surface area contributed by atoms with Crippen molar-refractivity contribution in [2.75, 3.05) is 19.4 Å². The molecule has 1 saturated carbocycles. The number of amides is 1. The number of thiophene rings is 1. The van der Waals surface area contributed by atoms with Gasteiger partial charge in [0, 0.05) is 23.8 Å². The van der Waals surface area contributed by atoms with Crippen molar-refractivity contribution >= 4 is 40.6 Å². The van der Waals surface area contributed by atoms with Crippen LogP contribution in [0.1, 0.15) is 36.7 Å². The zero-order chi connectivity index (χ0) is 14.4. The minimum atomic E-state index is -0.118. The van der Waals surface area contributed by atoms with E-state index in [-0.39, 0.29) is 12.0 Å². The van der Waals surface area contributed by atoms with Gasteiger partial charge in [0.05, 0.1) is 10.1 Å². The Kier molecular flexibility index (Phi) is 6.68. The van der Waals surface area contributed by atoms with Crippen molar-refractivity contribution in [2.45, 2.75) is 37.0 Å². The third kappa shape index (κ3) is 4.95. The molecule has 0 aromatic carbocycles. The van der Waals surface area contributed by atoms with Crippen LogP contribution in [0.4, 0.5) is 0 Å². The number of rotatable bonds is 7. The lowest BCUT2D eigenvalue weighted by Gasteiger charge is -2.15. The van der Waals surface area contributed by atoms with E-state index in [1.165, 1.54) is 37.0 Å². The molecule has 0 bridgehead atoms. The molecule has 6 heteroatoms. The zero-order valence-corrected chi connectivity index (χ0v) is 14.0. The monoisotopic (exact) mass is 333 g/mol. The Hall–Kier alpha value is -0.230. The molecule has 20 heavy (non-hydrogen) atoms. The number of hydrogen-bond acceptors (Lipinski definition) is 4. The molecule has 1 aromatic heterocycles. The first-order valence-electron chi connectivity index (χ1n) is 6.85. The van der Waals surface area contributed by atoms with Gasteiger partial charge in [-0.1, -0.05) is 24.4 Å². The summed E-state index contributed by atoms with van der Waals surface area (Å²) in [6.45, 7) is 0.497. The second-order valence-corrected chi connectivity index (χ2v) is 7.92. The molecule has 1 N–H and O–H groups in total. The molecule has 1 aromatic rings. The summed E-state index contributed by atoms with van der Waals surface area (Å²) in [6, 6.07) is 3.80. The minimum absolute atomic E-state index is 0.0894. The topological polar surface area (TPSA) is 38.3 Å². The molecule has 1 atom stereocenters. The predicted octanol–water partition coefficient (Wildman–Crippen LogP) is 3.88. The van der Waals surface area contributed by atoms with Crippen molar-refractivity contribution in [3.05, 3.63) is 21.3 Å². The molecular formula is C14H20ClNO2S2. The Bertz CT molecular complexity index is 433. The Morgan fingerprint density at radius 2 is 2.30 bits per heavy atom. The van der Waals surface area contributed by atoms with Gasteiger partial charge in [0.1, 0.15) is 6.10 Å². The van der Waals surface area contributed by atoms with Gasteiger partial charge in [-0.05, 0) is 25.0 Å². The third-order valence-electron chi connectivity index (χ3n) is 3.43. The van der Waals surface area contributed by atoms with E-state index in [1.807, 2.05) is 12.1 Å². The van der Waals surface area contributed by atoms with E-state index in [0.29, 0.717) is 17.5 Å². The van der Waals surface area contributed by atoms with Gasteiger partial charge in [0.15, 0.2) is 0 Å². The van der Waals surface area contributed by atoms with E-state index in [2.05, 4.69) is 5.32 Å². The molecular weight excluding hydrogens is 314 g/mol. The van der Waals surface area contributed by atoms with E-state index in [0.717, 1.165) is 9.21 Å². The summed E-state index contributed by atoms with van der Waals surface area (Å²) in [5.74, 6) is 0.637. The second-order valence-electron chi connectivity index (χ2n) is 4.89. The van der Waals surface area contributed by atoms with Crippen LogP contribution in [-0.4, -0.2) is 30.6 Å². The van der Waals surface area contributed by atoms with Gasteiger partial charge in [0.25, 0.3) is 0 Å². The van der Waals surface area contributed by atoms with Crippen LogP contribution in [0.25, 0.3) is 0 Å². The average Bonchev–Trinajstić information content (AvgIpc) is 3.09. The van der Waals surface area contributed by atoms with Gasteiger partial charge >= 0.3 is 0 Å². The van der Waals surface area contributed by atoms with Crippen molar-refractivity contribution < 1.29 is 9.53 Å². The van der Waals surface area contributed by atoms with Crippen LogP contribution in [0.15, 0.2) is 12.1 Å². The molecule has 0 radical (unpaired) electrons. The first-order chi connectivity index (χ1) is 9.69. The van der Waals surface area contributed by atoms with Crippen molar-refractivity contribution in [3.63, 3.8) is 0 Å². The molecule has 0 aliphatic heterocycles. The summed E-state index contributed by atoms with van der Waals surface area (Å²) in [7, 11) is 1.65. The fraction of sp³-hybridized carbons (Fsp3) is 0.643. The highest BCUT2D eigenvalue weighted by molar-refractivity contribution is 8.00. The maximum Gasteiger partial charge on any atom is 0.230 e. The number of nitrogens with one attached hydrogen (secondary N) is 1.